The van der Waals surface area contributed by atoms with E-state index in [0.717, 1.165) is 121 Å². The van der Waals surface area contributed by atoms with Crippen LogP contribution in [0.25, 0.3) is 0 Å². The van der Waals surface area contributed by atoms with Crippen LogP contribution in [0.2, 0.25) is 0 Å². The van der Waals surface area contributed by atoms with Crippen molar-refractivity contribution in [3.8, 4) is 23.0 Å². The summed E-state index contributed by atoms with van der Waals surface area (Å²) in [6.45, 7) is 5.51. The van der Waals surface area contributed by atoms with Crippen LogP contribution in [-0.4, -0.2) is 62.5 Å². The van der Waals surface area contributed by atoms with Crippen LogP contribution in [-0.2, 0) is 30.4 Å². The molecule has 0 aliphatic heterocycles. The van der Waals surface area contributed by atoms with Gasteiger partial charge < -0.3 is 34.6 Å². The minimum Gasteiger partial charge on any atom is -0.497 e. The maximum atomic E-state index is 11.9. The highest BCUT2D eigenvalue weighted by atomic mass is 35.5. The molecule has 4 aromatic carbocycles. The number of hydrogen-bond donors (Lipinski definition) is 2. The fraction of sp³-hybridized carbons (Fsp3) is 0.429. The number of Topliss-reactive ketones (excluding diaryl/α,β-unsaturated/α-hetero) is 1. The molecule has 328 valence electrons. The van der Waals surface area contributed by atoms with Crippen LogP contribution in [0.1, 0.15) is 127 Å². The predicted octanol–water partition coefficient (Wildman–Crippen LogP) is 10.6. The molecule has 3 N–H and O–H groups in total. The number of ether oxygens (including phenoxy) is 5. The van der Waals surface area contributed by atoms with Crippen LogP contribution in [0.3, 0.4) is 0 Å². The average molecular weight is 857 g/mol. The third kappa shape index (κ3) is 13.6. The fourth-order valence-corrected chi connectivity index (χ4v) is 7.79. The standard InChI is InChI=1S/C16H21NO3.C11H13NO2.C11H15NO.C11H12O2.ClH/c1-16(2,3)20-15(18)17-14-7-5-6-11-8-9-12(19-4)10-13(11)14;1-14-9-6-5-8-3-2-4-11(12-13)10(8)7-9;2*1-13-9-6-5-8-3-2-4-11(12)10(8)7-9;/h8-10H,5-7H2,1-4H3;5-7,13H,2-4H2,1H3;5-7,11H,2-4,12H2,1H3;5-7H,2-4H2,1H3;1H/b;12-11-;;;. The summed E-state index contributed by atoms with van der Waals surface area (Å²) in [6.07, 6.45) is 11.4. The van der Waals surface area contributed by atoms with Crippen molar-refractivity contribution in [3.63, 3.8) is 0 Å². The summed E-state index contributed by atoms with van der Waals surface area (Å²) in [5.41, 5.74) is 16.2. The number of nitrogens with zero attached hydrogens (tertiary/aromatic N) is 2. The van der Waals surface area contributed by atoms with Gasteiger partial charge in [-0.2, -0.15) is 4.99 Å². The number of carbonyl (C=O) groups is 2. The highest BCUT2D eigenvalue weighted by Gasteiger charge is 2.22. The number of amides is 1. The molecule has 0 fully saturated rings. The van der Waals surface area contributed by atoms with Crippen LogP contribution in [0.4, 0.5) is 4.79 Å². The Labute approximate surface area is 367 Å². The van der Waals surface area contributed by atoms with E-state index in [1.54, 1.807) is 28.4 Å². The number of halogens is 1. The minimum absolute atomic E-state index is 0. The maximum absolute atomic E-state index is 11.9. The summed E-state index contributed by atoms with van der Waals surface area (Å²) in [4.78, 5) is 27.5. The third-order valence-corrected chi connectivity index (χ3v) is 10.9. The first kappa shape index (κ1) is 48.3. The molecule has 1 atom stereocenters. The van der Waals surface area contributed by atoms with Crippen LogP contribution < -0.4 is 24.7 Å². The number of nitrogens with two attached hydrogens (primary N) is 1. The number of benzene rings is 4. The molecule has 1 unspecified atom stereocenters. The van der Waals surface area contributed by atoms with E-state index >= 15 is 0 Å². The zero-order chi connectivity index (χ0) is 43.2. The SMILES string of the molecule is COc1ccc2c(c1)/C(=N\O)CCC2.COc1ccc2c(c1)C(=NC(=O)OC(C)(C)C)CCC2.COc1ccc2c(c1)C(=O)CCC2.COc1ccc2c(c1)C(N)CCC2.Cl. The number of hydrogen-bond acceptors (Lipinski definition) is 10. The van der Waals surface area contributed by atoms with Crippen LogP contribution in [0.15, 0.2) is 82.9 Å². The van der Waals surface area contributed by atoms with Gasteiger partial charge in [-0.15, -0.1) is 12.4 Å². The largest absolute Gasteiger partial charge is 0.497 e. The van der Waals surface area contributed by atoms with Crippen molar-refractivity contribution in [1.82, 2.24) is 0 Å². The average Bonchev–Trinajstić information content (AvgIpc) is 3.26. The van der Waals surface area contributed by atoms with E-state index in [1.165, 1.54) is 28.7 Å². The summed E-state index contributed by atoms with van der Waals surface area (Å²) in [5.74, 6) is 3.53. The van der Waals surface area contributed by atoms with E-state index < -0.39 is 11.7 Å². The first-order valence-electron chi connectivity index (χ1n) is 20.8. The molecule has 12 heteroatoms. The molecule has 1 amide bonds. The molecule has 0 spiro atoms. The number of oxime groups is 1. The molecule has 8 rings (SSSR count). The lowest BCUT2D eigenvalue weighted by Gasteiger charge is -2.22. The molecule has 0 saturated carbocycles. The normalized spacial score (nSPS) is 17.3. The van der Waals surface area contributed by atoms with Gasteiger partial charge in [0.1, 0.15) is 28.6 Å². The molecule has 11 nitrogen and oxygen atoms in total. The Bertz CT molecular complexity index is 2180. The first-order chi connectivity index (χ1) is 28.9. The maximum Gasteiger partial charge on any atom is 0.434 e. The van der Waals surface area contributed by atoms with Crippen LogP contribution >= 0.6 is 12.4 Å². The second-order valence-corrected chi connectivity index (χ2v) is 16.2. The Morgan fingerprint density at radius 2 is 1.03 bits per heavy atom. The Morgan fingerprint density at radius 1 is 0.607 bits per heavy atom. The molecule has 0 aromatic heterocycles. The number of aliphatic imine (C=N–C) groups is 1. The highest BCUT2D eigenvalue weighted by Crippen LogP contribution is 2.31. The van der Waals surface area contributed by atoms with Crippen molar-refractivity contribution < 1.29 is 38.5 Å². The van der Waals surface area contributed by atoms with Crippen LogP contribution in [0.5, 0.6) is 23.0 Å². The molecule has 4 aliphatic rings. The number of fused-ring (bicyclic) bond motifs is 4. The smallest absolute Gasteiger partial charge is 0.434 e. The van der Waals surface area contributed by atoms with Crippen LogP contribution in [0, 0.1) is 0 Å². The van der Waals surface area contributed by atoms with Crippen molar-refractivity contribution in [2.24, 2.45) is 15.9 Å². The molecule has 4 aliphatic carbocycles. The summed E-state index contributed by atoms with van der Waals surface area (Å²) in [7, 11) is 6.58. The monoisotopic (exact) mass is 855 g/mol. The molecule has 0 radical (unpaired) electrons. The zero-order valence-corrected chi connectivity index (χ0v) is 37.5. The first-order valence-corrected chi connectivity index (χ1v) is 20.8. The number of carbonyl (C=O) groups excluding carboxylic acids is 2. The lowest BCUT2D eigenvalue weighted by Crippen LogP contribution is -2.23. The fourth-order valence-electron chi connectivity index (χ4n) is 7.79. The van der Waals surface area contributed by atoms with Gasteiger partial charge in [0.2, 0.25) is 0 Å². The molecule has 0 heterocycles. The van der Waals surface area contributed by atoms with E-state index in [2.05, 4.69) is 22.3 Å². The van der Waals surface area contributed by atoms with E-state index in [1.807, 2.05) is 81.4 Å². The number of aryl methyl sites for hydroxylation is 4. The second kappa shape index (κ2) is 23.0. The van der Waals surface area contributed by atoms with Gasteiger partial charge in [0.05, 0.1) is 39.9 Å². The number of rotatable bonds is 4. The van der Waals surface area contributed by atoms with E-state index in [4.69, 9.17) is 34.6 Å². The zero-order valence-electron chi connectivity index (χ0n) is 36.7. The Kier molecular flexibility index (Phi) is 18.2. The molecule has 0 bridgehead atoms. The molecule has 61 heavy (non-hydrogen) atoms. The predicted molar refractivity (Wildman–Crippen MR) is 243 cm³/mol. The van der Waals surface area contributed by atoms with Crippen molar-refractivity contribution in [2.45, 2.75) is 109 Å². The summed E-state index contributed by atoms with van der Waals surface area (Å²) in [5, 5.41) is 12.2. The van der Waals surface area contributed by atoms with Gasteiger partial charge in [-0.3, -0.25) is 4.79 Å². The van der Waals surface area contributed by atoms with Crippen molar-refractivity contribution in [3.05, 3.63) is 117 Å². The van der Waals surface area contributed by atoms with E-state index in [-0.39, 0.29) is 24.2 Å². The molecular weight excluding hydrogens is 794 g/mol. The Hall–Kier alpha value is -5.39. The Balaban J connectivity index is 0.000000181. The van der Waals surface area contributed by atoms with Gasteiger partial charge in [0, 0.05) is 29.2 Å². The summed E-state index contributed by atoms with van der Waals surface area (Å²) in [6, 6.07) is 24.0. The van der Waals surface area contributed by atoms with Crippen molar-refractivity contribution >= 4 is 35.7 Å². The van der Waals surface area contributed by atoms with Crippen molar-refractivity contribution in [1.29, 1.82) is 0 Å². The Morgan fingerprint density at radius 3 is 1.54 bits per heavy atom. The lowest BCUT2D eigenvalue weighted by molar-refractivity contribution is 0.0603. The topological polar surface area (TPSA) is 151 Å². The van der Waals surface area contributed by atoms with E-state index in [0.29, 0.717) is 6.42 Å². The summed E-state index contributed by atoms with van der Waals surface area (Å²) >= 11 is 0. The van der Waals surface area contributed by atoms with Gasteiger partial charge in [-0.25, -0.2) is 4.79 Å². The molecule has 4 aromatic rings. The van der Waals surface area contributed by atoms with Gasteiger partial charge in [0.15, 0.2) is 5.78 Å². The number of methoxy groups -OCH3 is 4. The quantitative estimate of drug-likeness (QED) is 0.151. The highest BCUT2D eigenvalue weighted by molar-refractivity contribution is 6.07. The van der Waals surface area contributed by atoms with Crippen molar-refractivity contribution in [2.75, 3.05) is 28.4 Å². The third-order valence-electron chi connectivity index (χ3n) is 10.9. The van der Waals surface area contributed by atoms with Gasteiger partial charge in [-0.1, -0.05) is 29.4 Å². The minimum atomic E-state index is -0.525. The lowest BCUT2D eigenvalue weighted by atomic mass is 9.88. The van der Waals surface area contributed by atoms with E-state index in [9.17, 15) is 9.59 Å². The van der Waals surface area contributed by atoms with Gasteiger partial charge in [0.25, 0.3) is 0 Å². The second-order valence-electron chi connectivity index (χ2n) is 16.2. The molecular formula is C49H62ClN3O8. The summed E-state index contributed by atoms with van der Waals surface area (Å²) < 4.78 is 25.9. The van der Waals surface area contributed by atoms with Gasteiger partial charge in [-0.05, 0) is 168 Å². The molecule has 0 saturated heterocycles. The van der Waals surface area contributed by atoms with Gasteiger partial charge >= 0.3 is 6.09 Å². The number of ketones is 1.